The molecule has 110 valence electrons. The number of carboxylic acids is 1. The molecule has 1 aromatic carbocycles. The van der Waals surface area contributed by atoms with Crippen LogP contribution in [0, 0.1) is 6.92 Å². The smallest absolute Gasteiger partial charge is 0.323 e. The second-order valence-corrected chi connectivity index (χ2v) is 5.21. The lowest BCUT2D eigenvalue weighted by molar-refractivity contribution is -0.135. The van der Waals surface area contributed by atoms with E-state index >= 15 is 0 Å². The number of nitrogens with zero attached hydrogens (tertiary/aromatic N) is 2. The molecule has 1 amide bonds. The topological polar surface area (TPSA) is 62.5 Å². The van der Waals surface area contributed by atoms with Crippen molar-refractivity contribution in [2.45, 2.75) is 6.92 Å². The highest BCUT2D eigenvalue weighted by Gasteiger charge is 2.22. The quantitative estimate of drug-likeness (QED) is 0.944. The monoisotopic (exact) mass is 306 g/mol. The first kappa shape index (κ1) is 15.1. The third-order valence-electron chi connectivity index (χ3n) is 3.07. The molecule has 0 saturated carbocycles. The molecule has 0 bridgehead atoms. The molecule has 0 saturated heterocycles. The summed E-state index contributed by atoms with van der Waals surface area (Å²) >= 11 is 5.88. The van der Waals surface area contributed by atoms with Gasteiger partial charge in [-0.25, -0.2) is 0 Å². The Morgan fingerprint density at radius 1 is 1.29 bits per heavy atom. The van der Waals surface area contributed by atoms with Crippen LogP contribution in [-0.4, -0.2) is 28.1 Å². The number of halogens is 1. The maximum atomic E-state index is 12.6. The highest BCUT2D eigenvalue weighted by molar-refractivity contribution is 6.31. The Bertz CT molecular complexity index is 677. The van der Waals surface area contributed by atoms with Crippen molar-refractivity contribution in [2.24, 2.45) is 7.05 Å². The molecule has 1 heterocycles. The molecule has 1 N–H and O–H groups in total. The Balaban J connectivity index is 2.40. The number of aryl methyl sites for hydroxylation is 2. The van der Waals surface area contributed by atoms with E-state index in [0.717, 1.165) is 5.56 Å². The van der Waals surface area contributed by atoms with E-state index in [2.05, 4.69) is 0 Å². The number of aromatic nitrogens is 1. The van der Waals surface area contributed by atoms with Crippen molar-refractivity contribution in [3.63, 3.8) is 0 Å². The fourth-order valence-electron chi connectivity index (χ4n) is 2.02. The second-order valence-electron chi connectivity index (χ2n) is 4.78. The minimum absolute atomic E-state index is 0.335. The lowest BCUT2D eigenvalue weighted by Crippen LogP contribution is -2.36. The van der Waals surface area contributed by atoms with Crippen LogP contribution in [0.15, 0.2) is 36.5 Å². The number of carbonyl (C=O) groups is 2. The van der Waals surface area contributed by atoms with Crippen molar-refractivity contribution >= 4 is 29.2 Å². The Kier molecular flexibility index (Phi) is 4.33. The number of hydrogen-bond donors (Lipinski definition) is 1. The van der Waals surface area contributed by atoms with Gasteiger partial charge >= 0.3 is 5.97 Å². The van der Waals surface area contributed by atoms with E-state index in [1.54, 1.807) is 29.9 Å². The molecule has 6 heteroatoms. The zero-order valence-electron chi connectivity index (χ0n) is 11.7. The zero-order chi connectivity index (χ0) is 15.6. The number of benzene rings is 1. The molecular weight excluding hydrogens is 292 g/mol. The van der Waals surface area contributed by atoms with Crippen LogP contribution in [0.3, 0.4) is 0 Å². The summed E-state index contributed by atoms with van der Waals surface area (Å²) in [6.45, 7) is 1.51. The van der Waals surface area contributed by atoms with E-state index in [1.165, 1.54) is 11.0 Å². The standard InChI is InChI=1S/C15H15ClN2O3/c1-10-3-5-12(6-4-10)18(9-14(19)20)15(21)13-7-11(16)8-17(13)2/h3-8H,9H2,1-2H3,(H,19,20). The lowest BCUT2D eigenvalue weighted by Gasteiger charge is -2.21. The molecule has 0 aliphatic heterocycles. The molecule has 2 aromatic rings. The van der Waals surface area contributed by atoms with E-state index in [0.29, 0.717) is 16.4 Å². The number of anilines is 1. The molecule has 0 spiro atoms. The van der Waals surface area contributed by atoms with Crippen LogP contribution in [0.2, 0.25) is 5.02 Å². The zero-order valence-corrected chi connectivity index (χ0v) is 12.5. The average Bonchev–Trinajstić information content (AvgIpc) is 2.75. The van der Waals surface area contributed by atoms with Crippen LogP contribution in [0.25, 0.3) is 0 Å². The first-order valence-electron chi connectivity index (χ1n) is 6.30. The number of hydrogen-bond acceptors (Lipinski definition) is 2. The summed E-state index contributed by atoms with van der Waals surface area (Å²) < 4.78 is 1.58. The number of amides is 1. The molecule has 0 atom stereocenters. The molecule has 0 aliphatic carbocycles. The first-order chi connectivity index (χ1) is 9.88. The van der Waals surface area contributed by atoms with E-state index in [9.17, 15) is 9.59 Å². The molecule has 0 fully saturated rings. The van der Waals surface area contributed by atoms with Gasteiger partial charge in [0.15, 0.2) is 0 Å². The van der Waals surface area contributed by atoms with E-state index in [4.69, 9.17) is 16.7 Å². The molecular formula is C15H15ClN2O3. The first-order valence-corrected chi connectivity index (χ1v) is 6.68. The van der Waals surface area contributed by atoms with Crippen molar-refractivity contribution in [3.05, 3.63) is 52.8 Å². The highest BCUT2D eigenvalue weighted by atomic mass is 35.5. The van der Waals surface area contributed by atoms with Gasteiger partial charge in [0.05, 0.1) is 5.02 Å². The summed E-state index contributed by atoms with van der Waals surface area (Å²) in [5.41, 5.74) is 1.90. The fourth-order valence-corrected chi connectivity index (χ4v) is 2.27. The Hall–Kier alpha value is -2.27. The van der Waals surface area contributed by atoms with Crippen molar-refractivity contribution in [2.75, 3.05) is 11.4 Å². The van der Waals surface area contributed by atoms with Gasteiger partial charge in [0, 0.05) is 18.9 Å². The molecule has 0 aliphatic rings. The van der Waals surface area contributed by atoms with E-state index < -0.39 is 18.4 Å². The van der Waals surface area contributed by atoms with Crippen LogP contribution in [0.4, 0.5) is 5.69 Å². The highest BCUT2D eigenvalue weighted by Crippen LogP contribution is 2.20. The van der Waals surface area contributed by atoms with Gasteiger partial charge in [-0.15, -0.1) is 0 Å². The van der Waals surface area contributed by atoms with Gasteiger partial charge in [-0.2, -0.15) is 0 Å². The van der Waals surface area contributed by atoms with Crippen molar-refractivity contribution in [3.8, 4) is 0 Å². The van der Waals surface area contributed by atoms with Crippen LogP contribution in [0.5, 0.6) is 0 Å². The average molecular weight is 307 g/mol. The lowest BCUT2D eigenvalue weighted by atomic mass is 10.2. The van der Waals surface area contributed by atoms with Gasteiger partial charge in [0.25, 0.3) is 5.91 Å². The maximum Gasteiger partial charge on any atom is 0.323 e. The van der Waals surface area contributed by atoms with Crippen molar-refractivity contribution in [1.82, 2.24) is 4.57 Å². The summed E-state index contributed by atoms with van der Waals surface area (Å²) in [6.07, 6.45) is 1.60. The van der Waals surface area contributed by atoms with Crippen LogP contribution >= 0.6 is 11.6 Å². The summed E-state index contributed by atoms with van der Waals surface area (Å²) in [7, 11) is 1.69. The van der Waals surface area contributed by atoms with Crippen LogP contribution in [0.1, 0.15) is 16.1 Å². The van der Waals surface area contributed by atoms with Crippen LogP contribution in [-0.2, 0) is 11.8 Å². The van der Waals surface area contributed by atoms with Gasteiger partial charge in [-0.05, 0) is 25.1 Å². The predicted octanol–water partition coefficient (Wildman–Crippen LogP) is 2.72. The number of carbonyl (C=O) groups excluding carboxylic acids is 1. The van der Waals surface area contributed by atoms with Crippen molar-refractivity contribution < 1.29 is 14.7 Å². The summed E-state index contributed by atoms with van der Waals surface area (Å²) in [4.78, 5) is 24.8. The number of rotatable bonds is 4. The molecule has 2 rings (SSSR count). The van der Waals surface area contributed by atoms with Gasteiger partial charge in [-0.3, -0.25) is 14.5 Å². The van der Waals surface area contributed by atoms with Gasteiger partial charge in [0.1, 0.15) is 12.2 Å². The van der Waals surface area contributed by atoms with Crippen molar-refractivity contribution in [1.29, 1.82) is 0 Å². The largest absolute Gasteiger partial charge is 0.480 e. The maximum absolute atomic E-state index is 12.6. The van der Waals surface area contributed by atoms with Gasteiger partial charge < -0.3 is 9.67 Å². The molecule has 1 aromatic heterocycles. The Morgan fingerprint density at radius 2 is 1.90 bits per heavy atom. The predicted molar refractivity (Wildman–Crippen MR) is 80.9 cm³/mol. The van der Waals surface area contributed by atoms with E-state index in [1.807, 2.05) is 19.1 Å². The molecule has 0 radical (unpaired) electrons. The van der Waals surface area contributed by atoms with Gasteiger partial charge in [-0.1, -0.05) is 29.3 Å². The number of carboxylic acid groups (broad SMARTS) is 1. The van der Waals surface area contributed by atoms with Crippen LogP contribution < -0.4 is 4.90 Å². The molecule has 5 nitrogen and oxygen atoms in total. The van der Waals surface area contributed by atoms with E-state index in [-0.39, 0.29) is 0 Å². The molecule has 21 heavy (non-hydrogen) atoms. The minimum atomic E-state index is -1.08. The summed E-state index contributed by atoms with van der Waals surface area (Å²) in [6, 6.07) is 8.62. The Labute approximate surface area is 127 Å². The fraction of sp³-hybridized carbons (Fsp3) is 0.200. The normalized spacial score (nSPS) is 10.4. The molecule has 0 unspecified atom stereocenters. The summed E-state index contributed by atoms with van der Waals surface area (Å²) in [5, 5.41) is 9.47. The minimum Gasteiger partial charge on any atom is -0.480 e. The third-order valence-corrected chi connectivity index (χ3v) is 3.28. The Morgan fingerprint density at radius 3 is 2.38 bits per heavy atom. The third kappa shape index (κ3) is 3.44. The number of aliphatic carboxylic acids is 1. The van der Waals surface area contributed by atoms with Gasteiger partial charge in [0.2, 0.25) is 0 Å². The second kappa shape index (κ2) is 6.01. The SMILES string of the molecule is Cc1ccc(N(CC(=O)O)C(=O)c2cc(Cl)cn2C)cc1. The summed E-state index contributed by atoms with van der Waals surface area (Å²) in [5.74, 6) is -1.49.